The summed E-state index contributed by atoms with van der Waals surface area (Å²) < 4.78 is 0. The van der Waals surface area contributed by atoms with Crippen molar-refractivity contribution in [3.63, 3.8) is 0 Å². The Bertz CT molecular complexity index is 603. The fourth-order valence-corrected chi connectivity index (χ4v) is 5.21. The van der Waals surface area contributed by atoms with Crippen LogP contribution in [-0.2, 0) is 6.54 Å². The van der Waals surface area contributed by atoms with E-state index in [0.29, 0.717) is 17.4 Å². The van der Waals surface area contributed by atoms with E-state index < -0.39 is 0 Å². The van der Waals surface area contributed by atoms with Gasteiger partial charge in [-0.3, -0.25) is 4.90 Å². The largest absolute Gasteiger partial charge is 0.335 e. The van der Waals surface area contributed by atoms with Gasteiger partial charge in [0.05, 0.1) is 0 Å². The number of piperidine rings is 1. The Morgan fingerprint density at radius 3 is 2.58 bits per heavy atom. The molecule has 1 spiro atoms. The summed E-state index contributed by atoms with van der Waals surface area (Å²) in [5.74, 6) is 0.501. The normalized spacial score (nSPS) is 28.6. The van der Waals surface area contributed by atoms with Gasteiger partial charge in [-0.25, -0.2) is 4.79 Å². The maximum atomic E-state index is 12.6. The first-order valence-corrected chi connectivity index (χ1v) is 10.5. The Morgan fingerprint density at radius 2 is 1.88 bits per heavy atom. The molecule has 2 unspecified atom stereocenters. The second-order valence-corrected chi connectivity index (χ2v) is 8.96. The minimum Gasteiger partial charge on any atom is -0.335 e. The summed E-state index contributed by atoms with van der Waals surface area (Å²) in [6.45, 7) is 7.39. The Hall–Kier alpha value is -1.55. The highest BCUT2D eigenvalue weighted by atomic mass is 16.2. The number of nitrogens with one attached hydrogen (secondary N) is 1. The van der Waals surface area contributed by atoms with Gasteiger partial charge in [-0.2, -0.15) is 0 Å². The van der Waals surface area contributed by atoms with Crippen LogP contribution in [0.3, 0.4) is 0 Å². The SMILES string of the molecule is CC1CN(Cc2ccccc2)CCC1NC(=O)N1CC2(CCCCC2)C1. The first kappa shape index (κ1) is 17.8. The summed E-state index contributed by atoms with van der Waals surface area (Å²) in [6.07, 6.45) is 7.79. The van der Waals surface area contributed by atoms with Gasteiger partial charge in [-0.1, -0.05) is 56.5 Å². The van der Waals surface area contributed by atoms with Crippen molar-refractivity contribution in [1.29, 1.82) is 0 Å². The quantitative estimate of drug-likeness (QED) is 0.893. The van der Waals surface area contributed by atoms with Crippen LogP contribution >= 0.6 is 0 Å². The molecule has 2 amide bonds. The zero-order valence-corrected chi connectivity index (χ0v) is 16.1. The van der Waals surface area contributed by atoms with Crippen molar-refractivity contribution in [2.45, 2.75) is 58.0 Å². The summed E-state index contributed by atoms with van der Waals surface area (Å²) in [6, 6.07) is 11.2. The molecule has 1 N–H and O–H groups in total. The highest BCUT2D eigenvalue weighted by Gasteiger charge is 2.45. The Balaban J connectivity index is 1.23. The topological polar surface area (TPSA) is 35.6 Å². The van der Waals surface area contributed by atoms with E-state index in [4.69, 9.17) is 0 Å². The van der Waals surface area contributed by atoms with Crippen LogP contribution in [-0.4, -0.2) is 48.1 Å². The smallest absolute Gasteiger partial charge is 0.317 e. The van der Waals surface area contributed by atoms with Gasteiger partial charge in [0.1, 0.15) is 0 Å². The van der Waals surface area contributed by atoms with Crippen LogP contribution < -0.4 is 5.32 Å². The number of amides is 2. The van der Waals surface area contributed by atoms with Crippen LogP contribution in [0.5, 0.6) is 0 Å². The number of likely N-dealkylation sites (tertiary alicyclic amines) is 2. The molecule has 142 valence electrons. The monoisotopic (exact) mass is 355 g/mol. The standard InChI is InChI=1S/C22H33N3O/c1-18-14-24(15-19-8-4-2-5-9-19)13-10-20(18)23-21(26)25-16-22(17-25)11-6-3-7-12-22/h2,4-5,8-9,18,20H,3,6-7,10-17H2,1H3,(H,23,26). The van der Waals surface area contributed by atoms with E-state index in [-0.39, 0.29) is 6.03 Å². The first-order valence-electron chi connectivity index (χ1n) is 10.5. The predicted molar refractivity (Wildman–Crippen MR) is 105 cm³/mol. The van der Waals surface area contributed by atoms with Gasteiger partial charge < -0.3 is 10.2 Å². The molecule has 4 rings (SSSR count). The van der Waals surface area contributed by atoms with E-state index in [2.05, 4.69) is 47.5 Å². The van der Waals surface area contributed by atoms with Crippen LogP contribution in [0.25, 0.3) is 0 Å². The lowest BCUT2D eigenvalue weighted by Crippen LogP contribution is -2.63. The lowest BCUT2D eigenvalue weighted by Gasteiger charge is -2.52. The molecule has 3 aliphatic rings. The number of urea groups is 1. The molecule has 2 heterocycles. The highest BCUT2D eigenvalue weighted by Crippen LogP contribution is 2.43. The summed E-state index contributed by atoms with van der Waals surface area (Å²) in [5, 5.41) is 3.34. The van der Waals surface area contributed by atoms with Gasteiger partial charge in [-0.15, -0.1) is 0 Å². The van der Waals surface area contributed by atoms with Crippen molar-refractivity contribution in [2.75, 3.05) is 26.2 Å². The van der Waals surface area contributed by atoms with Gasteiger partial charge in [0.15, 0.2) is 0 Å². The highest BCUT2D eigenvalue weighted by molar-refractivity contribution is 5.75. The molecule has 3 fully saturated rings. The van der Waals surface area contributed by atoms with Crippen molar-refractivity contribution < 1.29 is 4.79 Å². The minimum atomic E-state index is 0.176. The van der Waals surface area contributed by atoms with Gasteiger partial charge in [-0.05, 0) is 30.7 Å². The number of nitrogens with zero attached hydrogens (tertiary/aromatic N) is 2. The molecule has 0 aromatic heterocycles. The molecular formula is C22H33N3O. The average Bonchev–Trinajstić information content (AvgIpc) is 2.63. The molecule has 2 saturated heterocycles. The van der Waals surface area contributed by atoms with Crippen LogP contribution in [0.4, 0.5) is 4.79 Å². The first-order chi connectivity index (χ1) is 12.6. The predicted octanol–water partition coefficient (Wildman–Crippen LogP) is 3.87. The van der Waals surface area contributed by atoms with E-state index in [9.17, 15) is 4.79 Å². The van der Waals surface area contributed by atoms with Crippen LogP contribution in [0.2, 0.25) is 0 Å². The maximum absolute atomic E-state index is 12.6. The third kappa shape index (κ3) is 3.90. The van der Waals surface area contributed by atoms with Crippen molar-refractivity contribution in [1.82, 2.24) is 15.1 Å². The fraction of sp³-hybridized carbons (Fsp3) is 0.682. The summed E-state index contributed by atoms with van der Waals surface area (Å²) >= 11 is 0. The second kappa shape index (κ2) is 7.59. The van der Waals surface area contributed by atoms with E-state index in [1.54, 1.807) is 0 Å². The number of benzene rings is 1. The summed E-state index contributed by atoms with van der Waals surface area (Å²) in [5.41, 5.74) is 1.85. The van der Waals surface area contributed by atoms with Crippen molar-refractivity contribution in [3.8, 4) is 0 Å². The number of carbonyl (C=O) groups is 1. The Morgan fingerprint density at radius 1 is 1.15 bits per heavy atom. The molecule has 1 aliphatic carbocycles. The van der Waals surface area contributed by atoms with Crippen molar-refractivity contribution >= 4 is 6.03 Å². The zero-order chi connectivity index (χ0) is 18.0. The molecular weight excluding hydrogens is 322 g/mol. The van der Waals surface area contributed by atoms with Gasteiger partial charge >= 0.3 is 6.03 Å². The molecule has 26 heavy (non-hydrogen) atoms. The summed E-state index contributed by atoms with van der Waals surface area (Å²) in [7, 11) is 0. The molecule has 4 heteroatoms. The third-order valence-corrected chi connectivity index (χ3v) is 6.80. The van der Waals surface area contributed by atoms with Crippen molar-refractivity contribution in [2.24, 2.45) is 11.3 Å². The van der Waals surface area contributed by atoms with Crippen LogP contribution in [0.1, 0.15) is 51.0 Å². The average molecular weight is 356 g/mol. The van der Waals surface area contributed by atoms with Gasteiger partial charge in [0, 0.05) is 44.2 Å². The molecule has 2 atom stereocenters. The Labute approximate surface area is 157 Å². The van der Waals surface area contributed by atoms with E-state index in [0.717, 1.165) is 39.1 Å². The molecule has 2 aliphatic heterocycles. The minimum absolute atomic E-state index is 0.176. The molecule has 4 nitrogen and oxygen atoms in total. The van der Waals surface area contributed by atoms with Crippen LogP contribution in [0.15, 0.2) is 30.3 Å². The van der Waals surface area contributed by atoms with E-state index >= 15 is 0 Å². The zero-order valence-electron chi connectivity index (χ0n) is 16.1. The molecule has 1 aromatic carbocycles. The van der Waals surface area contributed by atoms with E-state index in [1.807, 2.05) is 4.90 Å². The fourth-order valence-electron chi connectivity index (χ4n) is 5.21. The second-order valence-electron chi connectivity index (χ2n) is 8.96. The van der Waals surface area contributed by atoms with Gasteiger partial charge in [0.25, 0.3) is 0 Å². The molecule has 0 radical (unpaired) electrons. The molecule has 0 bridgehead atoms. The number of hydrogen-bond donors (Lipinski definition) is 1. The summed E-state index contributed by atoms with van der Waals surface area (Å²) in [4.78, 5) is 17.2. The number of rotatable bonds is 3. The molecule has 1 aromatic rings. The lowest BCUT2D eigenvalue weighted by molar-refractivity contribution is -0.00151. The third-order valence-electron chi connectivity index (χ3n) is 6.80. The lowest BCUT2D eigenvalue weighted by atomic mass is 9.69. The molecule has 1 saturated carbocycles. The number of carbonyl (C=O) groups excluding carboxylic acids is 1. The number of hydrogen-bond acceptors (Lipinski definition) is 2. The van der Waals surface area contributed by atoms with E-state index in [1.165, 1.54) is 37.7 Å². The Kier molecular flexibility index (Phi) is 5.21. The van der Waals surface area contributed by atoms with Gasteiger partial charge in [0.2, 0.25) is 0 Å². The maximum Gasteiger partial charge on any atom is 0.317 e. The van der Waals surface area contributed by atoms with Crippen molar-refractivity contribution in [3.05, 3.63) is 35.9 Å². The van der Waals surface area contributed by atoms with Crippen LogP contribution in [0, 0.1) is 11.3 Å².